The molecule has 8 nitrogen and oxygen atoms in total. The summed E-state index contributed by atoms with van der Waals surface area (Å²) in [4.78, 5) is 39.4. The molecule has 0 spiro atoms. The molecule has 40 heavy (non-hydrogen) atoms. The van der Waals surface area contributed by atoms with Gasteiger partial charge in [-0.3, -0.25) is 24.0 Å². The quantitative estimate of drug-likeness (QED) is 0.340. The average Bonchev–Trinajstić information content (AvgIpc) is 3.40. The van der Waals surface area contributed by atoms with Gasteiger partial charge in [-0.2, -0.15) is 5.01 Å². The van der Waals surface area contributed by atoms with E-state index in [2.05, 4.69) is 10.2 Å². The molecule has 4 aromatic rings. The highest BCUT2D eigenvalue weighted by Crippen LogP contribution is 2.31. The minimum atomic E-state index is -0.342. The van der Waals surface area contributed by atoms with E-state index in [1.54, 1.807) is 63.4 Å². The van der Waals surface area contributed by atoms with Gasteiger partial charge in [0.05, 0.1) is 26.9 Å². The highest BCUT2D eigenvalue weighted by Gasteiger charge is 2.29. The number of hydrogen-bond acceptors (Lipinski definition) is 4. The number of fused-ring (bicyclic) bond motifs is 1. The van der Waals surface area contributed by atoms with Gasteiger partial charge in [-0.25, -0.2) is 4.68 Å². The number of hydrogen-bond donors (Lipinski definition) is 1. The van der Waals surface area contributed by atoms with Gasteiger partial charge in [-0.05, 0) is 55.8 Å². The van der Waals surface area contributed by atoms with Gasteiger partial charge in [0.1, 0.15) is 5.69 Å². The Morgan fingerprint density at radius 1 is 0.900 bits per heavy atom. The summed E-state index contributed by atoms with van der Waals surface area (Å²) in [6.07, 6.45) is 8.31. The first-order chi connectivity index (χ1) is 19.1. The SMILES string of the molecule is Cc1[nH]n(-c2c(Cl)cc(Cl)cc2Cl)c(=O)c1C=CC=C/C=c1\c(C)c2c(n(C)c1=O)=NN(c1ccccc1)C2=O. The lowest BCUT2D eigenvalue weighted by Crippen LogP contribution is -2.44. The topological polar surface area (TPSA) is 92.5 Å². The Balaban J connectivity index is 1.46. The van der Waals surface area contributed by atoms with Gasteiger partial charge >= 0.3 is 0 Å². The van der Waals surface area contributed by atoms with Gasteiger partial charge in [0.2, 0.25) is 0 Å². The number of rotatable bonds is 5. The molecular formula is C29H22Cl3N5O3. The van der Waals surface area contributed by atoms with Gasteiger partial charge in [-0.15, -0.1) is 5.10 Å². The summed E-state index contributed by atoms with van der Waals surface area (Å²) in [5, 5.41) is 9.89. The van der Waals surface area contributed by atoms with Crippen LogP contribution in [-0.4, -0.2) is 20.3 Å². The molecule has 0 saturated carbocycles. The number of nitrogens with zero attached hydrogens (tertiary/aromatic N) is 4. The molecule has 0 bridgehead atoms. The molecule has 1 N–H and O–H groups in total. The summed E-state index contributed by atoms with van der Waals surface area (Å²) >= 11 is 18.6. The van der Waals surface area contributed by atoms with Gasteiger partial charge in [0.25, 0.3) is 17.0 Å². The molecule has 5 rings (SSSR count). The summed E-state index contributed by atoms with van der Waals surface area (Å²) in [6, 6.07) is 12.1. The van der Waals surface area contributed by atoms with Crippen LogP contribution >= 0.6 is 34.8 Å². The number of nitrogens with one attached hydrogen (secondary N) is 1. The zero-order valence-electron chi connectivity index (χ0n) is 21.6. The van der Waals surface area contributed by atoms with E-state index in [1.807, 2.05) is 18.2 Å². The van der Waals surface area contributed by atoms with Crippen molar-refractivity contribution in [2.75, 3.05) is 5.01 Å². The van der Waals surface area contributed by atoms with Crippen LogP contribution in [-0.2, 0) is 7.05 Å². The van der Waals surface area contributed by atoms with Crippen molar-refractivity contribution in [1.82, 2.24) is 14.3 Å². The third-order valence-electron chi connectivity index (χ3n) is 6.53. The van der Waals surface area contributed by atoms with Crippen LogP contribution in [0, 0.1) is 13.8 Å². The fourth-order valence-electron chi connectivity index (χ4n) is 4.50. The Morgan fingerprint density at radius 3 is 2.25 bits per heavy atom. The number of halogens is 3. The van der Waals surface area contributed by atoms with Crippen LogP contribution in [0.4, 0.5) is 5.69 Å². The Labute approximate surface area is 243 Å². The van der Waals surface area contributed by atoms with Gasteiger partial charge in [0.15, 0.2) is 5.49 Å². The van der Waals surface area contributed by atoms with E-state index in [-0.39, 0.29) is 27.1 Å². The second-order valence-corrected chi connectivity index (χ2v) is 10.3. The molecule has 0 atom stereocenters. The molecule has 0 radical (unpaired) electrons. The Morgan fingerprint density at radius 2 is 1.57 bits per heavy atom. The van der Waals surface area contributed by atoms with Crippen LogP contribution in [0.1, 0.15) is 27.2 Å². The van der Waals surface area contributed by atoms with Crippen molar-refractivity contribution in [2.45, 2.75) is 13.8 Å². The lowest BCUT2D eigenvalue weighted by atomic mass is 10.1. The van der Waals surface area contributed by atoms with Crippen molar-refractivity contribution in [3.8, 4) is 5.69 Å². The van der Waals surface area contributed by atoms with E-state index in [4.69, 9.17) is 34.8 Å². The lowest BCUT2D eigenvalue weighted by Gasteiger charge is -2.11. The highest BCUT2D eigenvalue weighted by atomic mass is 35.5. The predicted octanol–water partition coefficient (Wildman–Crippen LogP) is 4.69. The molecule has 0 unspecified atom stereocenters. The monoisotopic (exact) mass is 593 g/mol. The number of aryl methyl sites for hydroxylation is 1. The first-order valence-corrected chi connectivity index (χ1v) is 13.2. The number of para-hydroxylation sites is 1. The molecule has 1 amide bonds. The smallest absolute Gasteiger partial charge is 0.282 e. The summed E-state index contributed by atoms with van der Waals surface area (Å²) in [7, 11) is 1.59. The maximum Gasteiger partial charge on any atom is 0.282 e. The van der Waals surface area contributed by atoms with Crippen LogP contribution < -0.4 is 26.8 Å². The largest absolute Gasteiger partial charge is 0.295 e. The van der Waals surface area contributed by atoms with Crippen molar-refractivity contribution in [1.29, 1.82) is 0 Å². The van der Waals surface area contributed by atoms with Crippen LogP contribution in [0.5, 0.6) is 0 Å². The number of amides is 1. The van der Waals surface area contributed by atoms with Gasteiger partial charge in [0, 0.05) is 23.0 Å². The normalized spacial score (nSPS) is 13.6. The highest BCUT2D eigenvalue weighted by molar-refractivity contribution is 6.40. The van der Waals surface area contributed by atoms with Crippen LogP contribution in [0.15, 0.2) is 75.4 Å². The molecule has 0 saturated heterocycles. The molecule has 0 fully saturated rings. The Hall–Kier alpha value is -4.11. The maximum atomic E-state index is 13.2. The minimum Gasteiger partial charge on any atom is -0.295 e. The number of carbonyl (C=O) groups is 1. The van der Waals surface area contributed by atoms with Crippen molar-refractivity contribution in [3.63, 3.8) is 0 Å². The molecular weight excluding hydrogens is 573 g/mol. The second-order valence-electron chi connectivity index (χ2n) is 9.07. The lowest BCUT2D eigenvalue weighted by molar-refractivity contribution is 0.0994. The fraction of sp³-hybridized carbons (Fsp3) is 0.103. The summed E-state index contributed by atoms with van der Waals surface area (Å²) in [5.74, 6) is -0.298. The summed E-state index contributed by atoms with van der Waals surface area (Å²) in [6.45, 7) is 3.49. The number of aromatic amines is 1. The van der Waals surface area contributed by atoms with E-state index in [0.717, 1.165) is 0 Å². The van der Waals surface area contributed by atoms with Crippen LogP contribution in [0.3, 0.4) is 0 Å². The van der Waals surface area contributed by atoms with Gasteiger partial charge in [-0.1, -0.05) is 71.2 Å². The number of pyridine rings is 1. The van der Waals surface area contributed by atoms with Gasteiger partial charge < -0.3 is 0 Å². The third kappa shape index (κ3) is 4.75. The molecule has 11 heteroatoms. The first kappa shape index (κ1) is 27.5. The predicted molar refractivity (Wildman–Crippen MR) is 159 cm³/mol. The molecule has 2 aromatic heterocycles. The number of H-pyrrole nitrogens is 1. The average molecular weight is 595 g/mol. The molecule has 2 aromatic carbocycles. The molecule has 202 valence electrons. The van der Waals surface area contributed by atoms with Crippen molar-refractivity contribution in [2.24, 2.45) is 12.1 Å². The number of anilines is 1. The third-order valence-corrected chi connectivity index (χ3v) is 7.32. The van der Waals surface area contributed by atoms with E-state index in [1.165, 1.54) is 26.4 Å². The Kier molecular flexibility index (Phi) is 7.42. The summed E-state index contributed by atoms with van der Waals surface area (Å²) < 4.78 is 2.64. The van der Waals surface area contributed by atoms with Crippen LogP contribution in [0.25, 0.3) is 17.8 Å². The fourth-order valence-corrected chi connectivity index (χ4v) is 5.48. The molecule has 1 aliphatic heterocycles. The number of carbonyl (C=O) groups excluding carboxylic acids is 1. The molecule has 1 aliphatic rings. The zero-order valence-corrected chi connectivity index (χ0v) is 23.8. The van der Waals surface area contributed by atoms with E-state index < -0.39 is 0 Å². The summed E-state index contributed by atoms with van der Waals surface area (Å²) in [5.41, 5.74) is 2.55. The molecule has 0 aliphatic carbocycles. The standard InChI is InChI=1S/C29H22Cl3N5O3/c1-16-20(27(38)35(3)26-24(16)29(40)36(34-26)19-10-6-4-7-11-19)12-8-5-9-13-21-17(2)33-37(28(21)39)25-22(31)14-18(30)15-23(25)32/h4-15,33H,1-3H3/b8-5?,13-9?,20-12+. The van der Waals surface area contributed by atoms with E-state index in [0.29, 0.717) is 49.5 Å². The number of allylic oxidation sites excluding steroid dienone is 3. The number of benzene rings is 2. The zero-order chi connectivity index (χ0) is 28.7. The maximum absolute atomic E-state index is 13.2. The van der Waals surface area contributed by atoms with E-state index >= 15 is 0 Å². The van der Waals surface area contributed by atoms with Crippen molar-refractivity contribution >= 4 is 58.5 Å². The van der Waals surface area contributed by atoms with Crippen LogP contribution in [0.2, 0.25) is 15.1 Å². The molecule has 3 heterocycles. The first-order valence-electron chi connectivity index (χ1n) is 12.1. The number of aromatic nitrogens is 3. The van der Waals surface area contributed by atoms with Crippen molar-refractivity contribution in [3.05, 3.63) is 130 Å². The minimum absolute atomic E-state index is 0.232. The Bertz CT molecular complexity index is 1960. The van der Waals surface area contributed by atoms with Crippen molar-refractivity contribution < 1.29 is 4.79 Å². The van der Waals surface area contributed by atoms with E-state index in [9.17, 15) is 14.4 Å². The second kappa shape index (κ2) is 10.8.